The van der Waals surface area contributed by atoms with Crippen LogP contribution in [0, 0.1) is 17.8 Å². The first-order chi connectivity index (χ1) is 9.63. The molecule has 114 valence electrons. The summed E-state index contributed by atoms with van der Waals surface area (Å²) in [5, 5.41) is 0. The Balaban J connectivity index is 1.45. The molecule has 1 aliphatic carbocycles. The van der Waals surface area contributed by atoms with E-state index >= 15 is 0 Å². The van der Waals surface area contributed by atoms with E-state index in [1.165, 1.54) is 0 Å². The zero-order valence-electron chi connectivity index (χ0n) is 12.8. The summed E-state index contributed by atoms with van der Waals surface area (Å²) < 4.78 is 11.5. The van der Waals surface area contributed by atoms with Crippen molar-refractivity contribution in [2.45, 2.75) is 45.1 Å². The lowest BCUT2D eigenvalue weighted by atomic mass is 9.79. The third-order valence-electron chi connectivity index (χ3n) is 5.17. The summed E-state index contributed by atoms with van der Waals surface area (Å²) >= 11 is 0. The van der Waals surface area contributed by atoms with Crippen LogP contribution < -0.4 is 0 Å². The third-order valence-corrected chi connectivity index (χ3v) is 5.17. The van der Waals surface area contributed by atoms with Gasteiger partial charge in [0.2, 0.25) is 5.91 Å². The first-order valence-corrected chi connectivity index (χ1v) is 8.14. The molecule has 3 unspecified atom stereocenters. The van der Waals surface area contributed by atoms with E-state index in [0.717, 1.165) is 58.6 Å². The van der Waals surface area contributed by atoms with Gasteiger partial charge < -0.3 is 14.4 Å². The zero-order valence-corrected chi connectivity index (χ0v) is 12.8. The van der Waals surface area contributed by atoms with Gasteiger partial charge in [-0.05, 0) is 44.4 Å². The van der Waals surface area contributed by atoms with Crippen molar-refractivity contribution in [1.82, 2.24) is 4.90 Å². The van der Waals surface area contributed by atoms with E-state index in [2.05, 4.69) is 6.92 Å². The Morgan fingerprint density at radius 1 is 1.45 bits per heavy atom. The SMILES string of the molecule is CCOCCC1CCOC2(C1)CN(C(=O)C1CC1C)C2. The molecule has 1 spiro atoms. The zero-order chi connectivity index (χ0) is 14.2. The molecule has 0 aromatic rings. The molecule has 4 nitrogen and oxygen atoms in total. The molecule has 2 heterocycles. The van der Waals surface area contributed by atoms with Crippen molar-refractivity contribution in [1.29, 1.82) is 0 Å². The summed E-state index contributed by atoms with van der Waals surface area (Å²) in [7, 11) is 0. The Kier molecular flexibility index (Phi) is 4.04. The van der Waals surface area contributed by atoms with E-state index in [0.29, 0.717) is 23.7 Å². The summed E-state index contributed by atoms with van der Waals surface area (Å²) in [6.07, 6.45) is 4.46. The van der Waals surface area contributed by atoms with Gasteiger partial charge in [0, 0.05) is 25.7 Å². The molecule has 0 bridgehead atoms. The highest BCUT2D eigenvalue weighted by Crippen LogP contribution is 2.43. The van der Waals surface area contributed by atoms with Crippen molar-refractivity contribution in [3.8, 4) is 0 Å². The van der Waals surface area contributed by atoms with Crippen molar-refractivity contribution in [3.63, 3.8) is 0 Å². The molecule has 0 aromatic carbocycles. The standard InChI is InChI=1S/C16H27NO3/c1-3-19-6-4-13-5-7-20-16(9-13)10-17(11-16)15(18)14-8-12(14)2/h12-14H,3-11H2,1-2H3. The van der Waals surface area contributed by atoms with Gasteiger partial charge in [0.05, 0.1) is 13.1 Å². The van der Waals surface area contributed by atoms with Crippen LogP contribution in [0.15, 0.2) is 0 Å². The summed E-state index contributed by atoms with van der Waals surface area (Å²) in [6, 6.07) is 0. The van der Waals surface area contributed by atoms with E-state index < -0.39 is 0 Å². The summed E-state index contributed by atoms with van der Waals surface area (Å²) in [5.41, 5.74) is -0.0249. The Labute approximate surface area is 121 Å². The van der Waals surface area contributed by atoms with Gasteiger partial charge in [0.25, 0.3) is 0 Å². The molecule has 0 N–H and O–H groups in total. The van der Waals surface area contributed by atoms with Crippen LogP contribution in [0.4, 0.5) is 0 Å². The summed E-state index contributed by atoms with van der Waals surface area (Å²) in [4.78, 5) is 14.2. The van der Waals surface area contributed by atoms with Crippen molar-refractivity contribution < 1.29 is 14.3 Å². The number of hydrogen-bond acceptors (Lipinski definition) is 3. The average molecular weight is 281 g/mol. The third kappa shape index (κ3) is 2.86. The van der Waals surface area contributed by atoms with Crippen LogP contribution in [0.2, 0.25) is 0 Å². The van der Waals surface area contributed by atoms with Crippen molar-refractivity contribution in [3.05, 3.63) is 0 Å². The molecular formula is C16H27NO3. The van der Waals surface area contributed by atoms with Gasteiger partial charge in [-0.15, -0.1) is 0 Å². The van der Waals surface area contributed by atoms with Crippen LogP contribution in [0.1, 0.15) is 39.5 Å². The van der Waals surface area contributed by atoms with Crippen molar-refractivity contribution in [2.24, 2.45) is 17.8 Å². The van der Waals surface area contributed by atoms with E-state index in [1.54, 1.807) is 0 Å². The van der Waals surface area contributed by atoms with Gasteiger partial charge in [-0.2, -0.15) is 0 Å². The highest BCUT2D eigenvalue weighted by atomic mass is 16.5. The molecule has 3 fully saturated rings. The molecule has 1 amide bonds. The maximum Gasteiger partial charge on any atom is 0.226 e. The number of carbonyl (C=O) groups is 1. The number of carbonyl (C=O) groups excluding carboxylic acids is 1. The fourth-order valence-corrected chi connectivity index (χ4v) is 3.70. The molecule has 3 atom stereocenters. The summed E-state index contributed by atoms with van der Waals surface area (Å²) in [5.74, 6) is 1.98. The van der Waals surface area contributed by atoms with Gasteiger partial charge in [0.15, 0.2) is 0 Å². The first kappa shape index (κ1) is 14.3. The fraction of sp³-hybridized carbons (Fsp3) is 0.938. The van der Waals surface area contributed by atoms with Gasteiger partial charge in [-0.1, -0.05) is 6.92 Å². The molecule has 1 saturated carbocycles. The lowest BCUT2D eigenvalue weighted by molar-refractivity contribution is -0.190. The lowest BCUT2D eigenvalue weighted by Gasteiger charge is -2.53. The van der Waals surface area contributed by atoms with Crippen LogP contribution in [-0.2, 0) is 14.3 Å². The largest absolute Gasteiger partial charge is 0.382 e. The summed E-state index contributed by atoms with van der Waals surface area (Å²) in [6.45, 7) is 8.35. The molecule has 3 rings (SSSR count). The quantitative estimate of drug-likeness (QED) is 0.724. The predicted octanol–water partition coefficient (Wildman–Crippen LogP) is 2.08. The Morgan fingerprint density at radius 2 is 2.20 bits per heavy atom. The number of rotatable bonds is 5. The number of nitrogens with zero attached hydrogens (tertiary/aromatic N) is 1. The van der Waals surface area contributed by atoms with E-state index in [1.807, 2.05) is 11.8 Å². The van der Waals surface area contributed by atoms with Crippen molar-refractivity contribution >= 4 is 5.91 Å². The molecule has 0 radical (unpaired) electrons. The van der Waals surface area contributed by atoms with Crippen LogP contribution >= 0.6 is 0 Å². The topological polar surface area (TPSA) is 38.8 Å². The highest BCUT2D eigenvalue weighted by Gasteiger charge is 2.52. The predicted molar refractivity (Wildman–Crippen MR) is 76.4 cm³/mol. The van der Waals surface area contributed by atoms with Gasteiger partial charge in [-0.25, -0.2) is 0 Å². The number of likely N-dealkylation sites (tertiary alicyclic amines) is 1. The second-order valence-electron chi connectivity index (χ2n) is 6.89. The van der Waals surface area contributed by atoms with E-state index in [-0.39, 0.29) is 5.60 Å². The van der Waals surface area contributed by atoms with E-state index in [9.17, 15) is 4.79 Å². The fourth-order valence-electron chi connectivity index (χ4n) is 3.70. The minimum atomic E-state index is -0.0249. The lowest BCUT2D eigenvalue weighted by Crippen LogP contribution is -2.67. The Morgan fingerprint density at radius 3 is 2.85 bits per heavy atom. The maximum absolute atomic E-state index is 12.2. The Hall–Kier alpha value is -0.610. The minimum Gasteiger partial charge on any atom is -0.382 e. The molecule has 4 heteroatoms. The smallest absolute Gasteiger partial charge is 0.226 e. The normalized spacial score (nSPS) is 34.9. The number of hydrogen-bond donors (Lipinski definition) is 0. The van der Waals surface area contributed by atoms with Crippen LogP contribution in [-0.4, -0.2) is 49.3 Å². The second-order valence-corrected chi connectivity index (χ2v) is 6.89. The van der Waals surface area contributed by atoms with Gasteiger partial charge in [-0.3, -0.25) is 4.79 Å². The number of amides is 1. The van der Waals surface area contributed by atoms with Crippen LogP contribution in [0.3, 0.4) is 0 Å². The van der Waals surface area contributed by atoms with Gasteiger partial charge >= 0.3 is 0 Å². The van der Waals surface area contributed by atoms with Crippen LogP contribution in [0.5, 0.6) is 0 Å². The van der Waals surface area contributed by atoms with E-state index in [4.69, 9.17) is 9.47 Å². The van der Waals surface area contributed by atoms with Crippen LogP contribution in [0.25, 0.3) is 0 Å². The average Bonchev–Trinajstić information content (AvgIpc) is 3.13. The van der Waals surface area contributed by atoms with Crippen molar-refractivity contribution in [2.75, 3.05) is 32.9 Å². The molecule has 3 aliphatic rings. The number of ether oxygens (including phenoxy) is 2. The second kappa shape index (κ2) is 5.64. The monoisotopic (exact) mass is 281 g/mol. The van der Waals surface area contributed by atoms with Gasteiger partial charge in [0.1, 0.15) is 5.60 Å². The first-order valence-electron chi connectivity index (χ1n) is 8.14. The molecule has 20 heavy (non-hydrogen) atoms. The molecule has 2 aliphatic heterocycles. The molecule has 2 saturated heterocycles. The Bertz CT molecular complexity index is 365. The molecule has 0 aromatic heterocycles. The minimum absolute atomic E-state index is 0.0249. The molecular weight excluding hydrogens is 254 g/mol. The maximum atomic E-state index is 12.2. The highest BCUT2D eigenvalue weighted by molar-refractivity contribution is 5.82.